The highest BCUT2D eigenvalue weighted by Crippen LogP contribution is 2.23. The second-order valence-corrected chi connectivity index (χ2v) is 4.43. The molecule has 0 fully saturated rings. The van der Waals surface area contributed by atoms with Gasteiger partial charge >= 0.3 is 0 Å². The molecular weight excluding hydrogens is 248 g/mol. The summed E-state index contributed by atoms with van der Waals surface area (Å²) in [6.07, 6.45) is 5.70. The van der Waals surface area contributed by atoms with Gasteiger partial charge in [-0.15, -0.1) is 0 Å². The van der Waals surface area contributed by atoms with Crippen LogP contribution in [-0.2, 0) is 0 Å². The van der Waals surface area contributed by atoms with Gasteiger partial charge in [-0.1, -0.05) is 23.7 Å². The first-order valence-electron chi connectivity index (χ1n) is 5.54. The molecule has 2 aromatic heterocycles. The molecule has 0 aliphatic heterocycles. The van der Waals surface area contributed by atoms with Gasteiger partial charge in [0.1, 0.15) is 5.75 Å². The number of benzene rings is 1. The Bertz CT molecular complexity index is 706. The third-order valence-electron chi connectivity index (χ3n) is 2.81. The van der Waals surface area contributed by atoms with Gasteiger partial charge in [0.25, 0.3) is 0 Å². The van der Waals surface area contributed by atoms with Crippen LogP contribution in [0.2, 0.25) is 5.02 Å². The molecular formula is C14H11ClN2O. The van der Waals surface area contributed by atoms with E-state index < -0.39 is 0 Å². The third kappa shape index (κ3) is 1.93. The standard InChI is InChI=1S/C14H11ClN2O/c1-18-13-6-12-7-16-14(9-17(12)8-13)10-3-2-4-11(15)5-10/h2-9H,1H3. The van der Waals surface area contributed by atoms with Crippen LogP contribution in [0.5, 0.6) is 5.75 Å². The van der Waals surface area contributed by atoms with E-state index in [0.29, 0.717) is 5.02 Å². The average molecular weight is 259 g/mol. The molecule has 0 bridgehead atoms. The van der Waals surface area contributed by atoms with Crippen molar-refractivity contribution in [1.29, 1.82) is 0 Å². The molecule has 0 atom stereocenters. The molecule has 0 saturated heterocycles. The zero-order chi connectivity index (χ0) is 12.5. The van der Waals surface area contributed by atoms with Crippen molar-refractivity contribution in [3.8, 4) is 17.0 Å². The Balaban J connectivity index is 2.12. The molecule has 2 heterocycles. The third-order valence-corrected chi connectivity index (χ3v) is 3.04. The zero-order valence-corrected chi connectivity index (χ0v) is 10.6. The number of ether oxygens (including phenoxy) is 1. The summed E-state index contributed by atoms with van der Waals surface area (Å²) in [6, 6.07) is 9.59. The van der Waals surface area contributed by atoms with Crippen molar-refractivity contribution in [2.75, 3.05) is 7.11 Å². The van der Waals surface area contributed by atoms with Crippen LogP contribution < -0.4 is 4.74 Å². The molecule has 1 aromatic carbocycles. The summed E-state index contributed by atoms with van der Waals surface area (Å²) in [4.78, 5) is 4.43. The Morgan fingerprint density at radius 2 is 2.11 bits per heavy atom. The SMILES string of the molecule is COc1cc2cnc(-c3cccc(Cl)c3)cn2c1. The van der Waals surface area contributed by atoms with Gasteiger partial charge in [0.2, 0.25) is 0 Å². The van der Waals surface area contributed by atoms with Crippen molar-refractivity contribution in [1.82, 2.24) is 9.38 Å². The number of hydrogen-bond donors (Lipinski definition) is 0. The lowest BCUT2D eigenvalue weighted by Crippen LogP contribution is -1.88. The van der Waals surface area contributed by atoms with E-state index in [1.54, 1.807) is 7.11 Å². The van der Waals surface area contributed by atoms with Gasteiger partial charge in [0, 0.05) is 22.8 Å². The molecule has 0 spiro atoms. The molecule has 0 N–H and O–H groups in total. The number of methoxy groups -OCH3 is 1. The maximum absolute atomic E-state index is 5.98. The summed E-state index contributed by atoms with van der Waals surface area (Å²) in [6.45, 7) is 0. The molecule has 90 valence electrons. The van der Waals surface area contributed by atoms with Crippen molar-refractivity contribution < 1.29 is 4.74 Å². The van der Waals surface area contributed by atoms with Gasteiger partial charge in [0.05, 0.1) is 30.7 Å². The lowest BCUT2D eigenvalue weighted by atomic mass is 10.2. The first-order valence-corrected chi connectivity index (χ1v) is 5.92. The number of hydrogen-bond acceptors (Lipinski definition) is 2. The topological polar surface area (TPSA) is 26.5 Å². The van der Waals surface area contributed by atoms with Crippen LogP contribution in [0, 0.1) is 0 Å². The Morgan fingerprint density at radius 1 is 1.22 bits per heavy atom. The molecule has 0 amide bonds. The predicted octanol–water partition coefficient (Wildman–Crippen LogP) is 3.66. The molecule has 0 aliphatic rings. The summed E-state index contributed by atoms with van der Waals surface area (Å²) in [5, 5.41) is 0.708. The number of fused-ring (bicyclic) bond motifs is 1. The summed E-state index contributed by atoms with van der Waals surface area (Å²) in [7, 11) is 1.65. The smallest absolute Gasteiger partial charge is 0.137 e. The molecule has 0 radical (unpaired) electrons. The zero-order valence-electron chi connectivity index (χ0n) is 9.80. The molecule has 3 rings (SSSR count). The van der Waals surface area contributed by atoms with Gasteiger partial charge < -0.3 is 9.14 Å². The van der Waals surface area contributed by atoms with Crippen LogP contribution in [0.4, 0.5) is 0 Å². The monoisotopic (exact) mass is 258 g/mol. The van der Waals surface area contributed by atoms with E-state index in [1.807, 2.05) is 53.3 Å². The molecule has 0 unspecified atom stereocenters. The Hall–Kier alpha value is -2.00. The van der Waals surface area contributed by atoms with Crippen LogP contribution in [0.25, 0.3) is 16.8 Å². The minimum absolute atomic E-state index is 0.708. The first-order chi connectivity index (χ1) is 8.76. The fraction of sp³-hybridized carbons (Fsp3) is 0.0714. The fourth-order valence-corrected chi connectivity index (χ4v) is 2.08. The normalized spacial score (nSPS) is 10.8. The van der Waals surface area contributed by atoms with Crippen molar-refractivity contribution in [3.05, 3.63) is 53.9 Å². The second kappa shape index (κ2) is 4.35. The number of halogens is 1. The van der Waals surface area contributed by atoms with Crippen LogP contribution in [0.15, 0.2) is 48.9 Å². The minimum Gasteiger partial charge on any atom is -0.495 e. The van der Waals surface area contributed by atoms with Gasteiger partial charge in [-0.05, 0) is 12.1 Å². The van der Waals surface area contributed by atoms with Gasteiger partial charge in [-0.3, -0.25) is 4.98 Å². The highest BCUT2D eigenvalue weighted by atomic mass is 35.5. The van der Waals surface area contributed by atoms with E-state index >= 15 is 0 Å². The van der Waals surface area contributed by atoms with E-state index in [4.69, 9.17) is 16.3 Å². The molecule has 4 heteroatoms. The van der Waals surface area contributed by atoms with E-state index in [2.05, 4.69) is 4.98 Å². The van der Waals surface area contributed by atoms with Crippen LogP contribution >= 0.6 is 11.6 Å². The quantitative estimate of drug-likeness (QED) is 0.701. The van der Waals surface area contributed by atoms with Gasteiger partial charge in [-0.2, -0.15) is 0 Å². The molecule has 0 saturated carbocycles. The van der Waals surface area contributed by atoms with Crippen molar-refractivity contribution in [2.45, 2.75) is 0 Å². The summed E-state index contributed by atoms with van der Waals surface area (Å²) >= 11 is 5.98. The molecule has 3 nitrogen and oxygen atoms in total. The summed E-state index contributed by atoms with van der Waals surface area (Å²) in [5.41, 5.74) is 2.87. The van der Waals surface area contributed by atoms with Crippen LogP contribution in [0.3, 0.4) is 0 Å². The Labute approximate surface area is 110 Å². The molecule has 18 heavy (non-hydrogen) atoms. The average Bonchev–Trinajstić information content (AvgIpc) is 2.80. The minimum atomic E-state index is 0.708. The fourth-order valence-electron chi connectivity index (χ4n) is 1.89. The summed E-state index contributed by atoms with van der Waals surface area (Å²) < 4.78 is 7.18. The van der Waals surface area contributed by atoms with Gasteiger partial charge in [-0.25, -0.2) is 0 Å². The Morgan fingerprint density at radius 3 is 2.89 bits per heavy atom. The lowest BCUT2D eigenvalue weighted by molar-refractivity contribution is 0.415. The summed E-state index contributed by atoms with van der Waals surface area (Å²) in [5.74, 6) is 0.819. The predicted molar refractivity (Wildman–Crippen MR) is 72.2 cm³/mol. The number of aromatic nitrogens is 2. The van der Waals surface area contributed by atoms with Gasteiger partial charge in [0.15, 0.2) is 0 Å². The molecule has 0 aliphatic carbocycles. The van der Waals surface area contributed by atoms with Crippen molar-refractivity contribution >= 4 is 17.1 Å². The maximum atomic E-state index is 5.98. The Kier molecular flexibility index (Phi) is 2.68. The van der Waals surface area contributed by atoms with Crippen molar-refractivity contribution in [3.63, 3.8) is 0 Å². The van der Waals surface area contributed by atoms with E-state index in [1.165, 1.54) is 0 Å². The van der Waals surface area contributed by atoms with Crippen molar-refractivity contribution in [2.24, 2.45) is 0 Å². The highest BCUT2D eigenvalue weighted by molar-refractivity contribution is 6.30. The highest BCUT2D eigenvalue weighted by Gasteiger charge is 2.04. The maximum Gasteiger partial charge on any atom is 0.137 e. The second-order valence-electron chi connectivity index (χ2n) is 3.99. The van der Waals surface area contributed by atoms with Crippen LogP contribution in [0.1, 0.15) is 0 Å². The number of rotatable bonds is 2. The number of nitrogens with zero attached hydrogens (tertiary/aromatic N) is 2. The van der Waals surface area contributed by atoms with Crippen LogP contribution in [-0.4, -0.2) is 16.5 Å². The lowest BCUT2D eigenvalue weighted by Gasteiger charge is -2.02. The molecule has 3 aromatic rings. The first kappa shape index (κ1) is 11.1. The van der Waals surface area contributed by atoms with E-state index in [-0.39, 0.29) is 0 Å². The largest absolute Gasteiger partial charge is 0.495 e. The van der Waals surface area contributed by atoms with E-state index in [9.17, 15) is 0 Å². The van der Waals surface area contributed by atoms with E-state index in [0.717, 1.165) is 22.5 Å².